The van der Waals surface area contributed by atoms with Gasteiger partial charge in [0.05, 0.1) is 11.0 Å². The van der Waals surface area contributed by atoms with Gasteiger partial charge >= 0.3 is 0 Å². The maximum absolute atomic E-state index is 13.1. The van der Waals surface area contributed by atoms with Crippen LogP contribution in [0, 0.1) is 16.0 Å². The van der Waals surface area contributed by atoms with Gasteiger partial charge in [0.1, 0.15) is 5.56 Å². The largest absolute Gasteiger partial charge is 0.372 e. The average molecular weight is 501 g/mol. The van der Waals surface area contributed by atoms with Crippen LogP contribution in [-0.4, -0.2) is 48.5 Å². The van der Waals surface area contributed by atoms with Gasteiger partial charge in [-0.25, -0.2) is 0 Å². The normalized spacial score (nSPS) is 14.5. The van der Waals surface area contributed by atoms with Gasteiger partial charge in [-0.15, -0.1) is 0 Å². The lowest BCUT2D eigenvalue weighted by Crippen LogP contribution is -2.40. The summed E-state index contributed by atoms with van der Waals surface area (Å²) < 4.78 is 0. The number of benzene rings is 3. The van der Waals surface area contributed by atoms with E-state index in [1.165, 1.54) is 17.2 Å². The van der Waals surface area contributed by atoms with Gasteiger partial charge in [-0.05, 0) is 69.0 Å². The van der Waals surface area contributed by atoms with Crippen molar-refractivity contribution < 1.29 is 9.72 Å². The third-order valence-electron chi connectivity index (χ3n) is 7.35. The molecular formula is C30H36N4O3. The van der Waals surface area contributed by atoms with Gasteiger partial charge in [-0.3, -0.25) is 19.8 Å². The predicted octanol–water partition coefficient (Wildman–Crippen LogP) is 5.67. The molecule has 1 amide bonds. The molecule has 0 unspecified atom stereocenters. The summed E-state index contributed by atoms with van der Waals surface area (Å²) >= 11 is 0. The molecule has 0 aromatic heterocycles. The summed E-state index contributed by atoms with van der Waals surface area (Å²) in [5, 5.41) is 14.6. The van der Waals surface area contributed by atoms with E-state index in [4.69, 9.17) is 0 Å². The molecule has 1 aliphatic heterocycles. The van der Waals surface area contributed by atoms with E-state index in [2.05, 4.69) is 63.6 Å². The maximum Gasteiger partial charge on any atom is 0.282 e. The van der Waals surface area contributed by atoms with Crippen molar-refractivity contribution in [3.8, 4) is 0 Å². The molecule has 1 N–H and O–H groups in total. The SMILES string of the molecule is CCN(CC)c1ccc([N+](=O)[O-])c(C(=O)NCC2CCN(C(c3ccccc3)c3ccccc3)CC2)c1. The fourth-order valence-corrected chi connectivity index (χ4v) is 5.28. The fourth-order valence-electron chi connectivity index (χ4n) is 5.28. The van der Waals surface area contributed by atoms with Crippen molar-refractivity contribution in [2.24, 2.45) is 5.92 Å². The van der Waals surface area contributed by atoms with E-state index in [0.717, 1.165) is 44.7 Å². The van der Waals surface area contributed by atoms with Gasteiger partial charge < -0.3 is 10.2 Å². The number of nitro groups is 1. The van der Waals surface area contributed by atoms with Gasteiger partial charge in [0.25, 0.3) is 11.6 Å². The molecule has 0 bridgehead atoms. The summed E-state index contributed by atoms with van der Waals surface area (Å²) in [4.78, 5) is 28.8. The van der Waals surface area contributed by atoms with Crippen molar-refractivity contribution in [1.82, 2.24) is 10.2 Å². The van der Waals surface area contributed by atoms with Crippen LogP contribution in [0.1, 0.15) is 54.2 Å². The number of nitrogens with zero attached hydrogens (tertiary/aromatic N) is 3. The Morgan fingerprint density at radius 3 is 2.05 bits per heavy atom. The zero-order chi connectivity index (χ0) is 26.2. The summed E-state index contributed by atoms with van der Waals surface area (Å²) in [5.41, 5.74) is 3.35. The van der Waals surface area contributed by atoms with Crippen molar-refractivity contribution >= 4 is 17.3 Å². The fraction of sp³-hybridized carbons (Fsp3) is 0.367. The van der Waals surface area contributed by atoms with Gasteiger partial charge in [-0.2, -0.15) is 0 Å². The average Bonchev–Trinajstić information content (AvgIpc) is 2.94. The van der Waals surface area contributed by atoms with Crippen LogP contribution in [0.4, 0.5) is 11.4 Å². The lowest BCUT2D eigenvalue weighted by atomic mass is 9.91. The second kappa shape index (κ2) is 12.5. The Balaban J connectivity index is 1.41. The molecule has 1 saturated heterocycles. The summed E-state index contributed by atoms with van der Waals surface area (Å²) in [6, 6.07) is 26.2. The van der Waals surface area contributed by atoms with E-state index >= 15 is 0 Å². The monoisotopic (exact) mass is 500 g/mol. The van der Waals surface area contributed by atoms with E-state index in [1.54, 1.807) is 12.1 Å². The predicted molar refractivity (Wildman–Crippen MR) is 148 cm³/mol. The molecule has 1 heterocycles. The standard InChI is InChI=1S/C30H36N4O3/c1-3-32(4-2)26-15-16-28(34(36)37)27(21-26)30(35)31-22-23-17-19-33(20-18-23)29(24-11-7-5-8-12-24)25-13-9-6-10-14-25/h5-16,21,23,29H,3-4,17-20,22H2,1-2H3,(H,31,35). The van der Waals surface area contributed by atoms with E-state index in [9.17, 15) is 14.9 Å². The van der Waals surface area contributed by atoms with Crippen LogP contribution in [-0.2, 0) is 0 Å². The molecule has 194 valence electrons. The number of carbonyl (C=O) groups is 1. The lowest BCUT2D eigenvalue weighted by molar-refractivity contribution is -0.385. The zero-order valence-electron chi connectivity index (χ0n) is 21.7. The second-order valence-corrected chi connectivity index (χ2v) is 9.54. The quantitative estimate of drug-likeness (QED) is 0.287. The number of carbonyl (C=O) groups excluding carboxylic acids is 1. The van der Waals surface area contributed by atoms with Crippen molar-refractivity contribution in [2.45, 2.75) is 32.7 Å². The molecule has 0 radical (unpaired) electrons. The van der Waals surface area contributed by atoms with Crippen molar-refractivity contribution in [3.05, 3.63) is 106 Å². The highest BCUT2D eigenvalue weighted by Crippen LogP contribution is 2.32. The maximum atomic E-state index is 13.1. The molecule has 3 aromatic rings. The first-order chi connectivity index (χ1) is 18.0. The number of nitrogens with one attached hydrogen (secondary N) is 1. The summed E-state index contributed by atoms with van der Waals surface area (Å²) in [6.07, 6.45) is 1.91. The van der Waals surface area contributed by atoms with Gasteiger partial charge in [0.2, 0.25) is 0 Å². The number of likely N-dealkylation sites (tertiary alicyclic amines) is 1. The smallest absolute Gasteiger partial charge is 0.282 e. The Labute approximate surface area is 219 Å². The first-order valence-electron chi connectivity index (χ1n) is 13.2. The number of hydrogen-bond donors (Lipinski definition) is 1. The van der Waals surface area contributed by atoms with Crippen molar-refractivity contribution in [3.63, 3.8) is 0 Å². The zero-order valence-corrected chi connectivity index (χ0v) is 21.7. The molecule has 37 heavy (non-hydrogen) atoms. The highest BCUT2D eigenvalue weighted by atomic mass is 16.6. The molecule has 7 nitrogen and oxygen atoms in total. The first kappa shape index (κ1) is 26.4. The van der Waals surface area contributed by atoms with Crippen LogP contribution in [0.25, 0.3) is 0 Å². The molecular weight excluding hydrogens is 464 g/mol. The molecule has 1 fully saturated rings. The minimum atomic E-state index is -0.479. The molecule has 4 rings (SSSR count). The number of anilines is 1. The van der Waals surface area contributed by atoms with Crippen molar-refractivity contribution in [1.29, 1.82) is 0 Å². The Kier molecular flexibility index (Phi) is 8.90. The minimum Gasteiger partial charge on any atom is -0.372 e. The van der Waals surface area contributed by atoms with Crippen molar-refractivity contribution in [2.75, 3.05) is 37.6 Å². The number of rotatable bonds is 10. The summed E-state index contributed by atoms with van der Waals surface area (Å²) in [7, 11) is 0. The highest BCUT2D eigenvalue weighted by Gasteiger charge is 2.28. The van der Waals surface area contributed by atoms with Crippen LogP contribution in [0.3, 0.4) is 0 Å². The van der Waals surface area contributed by atoms with E-state index in [0.29, 0.717) is 12.5 Å². The molecule has 0 aliphatic carbocycles. The molecule has 7 heteroatoms. The summed E-state index contributed by atoms with van der Waals surface area (Å²) in [5.74, 6) is -0.0491. The third kappa shape index (κ3) is 6.35. The Morgan fingerprint density at radius 2 is 1.54 bits per heavy atom. The number of nitro benzene ring substituents is 1. The number of hydrogen-bond acceptors (Lipinski definition) is 5. The molecule has 1 aliphatic rings. The molecule has 0 atom stereocenters. The van der Waals surface area contributed by atoms with Gasteiger partial charge in [-0.1, -0.05) is 60.7 Å². The first-order valence-corrected chi connectivity index (χ1v) is 13.2. The number of piperidine rings is 1. The van der Waals surface area contributed by atoms with Gasteiger partial charge in [0.15, 0.2) is 0 Å². The third-order valence-corrected chi connectivity index (χ3v) is 7.35. The van der Waals surface area contributed by atoms with Crippen LogP contribution >= 0.6 is 0 Å². The van der Waals surface area contributed by atoms with Gasteiger partial charge in [0, 0.05) is 31.4 Å². The van der Waals surface area contributed by atoms with Crippen LogP contribution in [0.5, 0.6) is 0 Å². The van der Waals surface area contributed by atoms with Crippen LogP contribution in [0.2, 0.25) is 0 Å². The van der Waals surface area contributed by atoms with Crippen LogP contribution < -0.4 is 10.2 Å². The Morgan fingerprint density at radius 1 is 0.973 bits per heavy atom. The molecule has 3 aromatic carbocycles. The van der Waals surface area contributed by atoms with E-state index in [1.807, 2.05) is 26.0 Å². The number of amides is 1. The highest BCUT2D eigenvalue weighted by molar-refractivity contribution is 5.99. The van der Waals surface area contributed by atoms with Crippen LogP contribution in [0.15, 0.2) is 78.9 Å². The van der Waals surface area contributed by atoms with E-state index in [-0.39, 0.29) is 23.2 Å². The molecule has 0 spiro atoms. The summed E-state index contributed by atoms with van der Waals surface area (Å²) in [6.45, 7) is 7.94. The lowest BCUT2D eigenvalue weighted by Gasteiger charge is -2.38. The molecule has 0 saturated carbocycles. The Hall–Kier alpha value is -3.71. The minimum absolute atomic E-state index is 0.125. The van der Waals surface area contributed by atoms with E-state index < -0.39 is 4.92 Å². The second-order valence-electron chi connectivity index (χ2n) is 9.54. The topological polar surface area (TPSA) is 78.7 Å². The Bertz CT molecular complexity index is 1130.